The zero-order valence-corrected chi connectivity index (χ0v) is 21.8. The van der Waals surface area contributed by atoms with Crippen molar-refractivity contribution in [2.24, 2.45) is 0 Å². The third kappa shape index (κ3) is 7.70. The Balaban J connectivity index is 0.000000212. The number of carbonyl (C=O) groups excluding carboxylic acids is 1. The van der Waals surface area contributed by atoms with Crippen LogP contribution in [0.5, 0.6) is 0 Å². The second kappa shape index (κ2) is 12.8. The molecule has 0 aromatic heterocycles. The molecule has 0 atom stereocenters. The molecule has 0 spiro atoms. The van der Waals surface area contributed by atoms with Crippen LogP contribution in [0.15, 0.2) is 124 Å². The van der Waals surface area contributed by atoms with Gasteiger partial charge in [-0.25, -0.2) is 9.18 Å². The summed E-state index contributed by atoms with van der Waals surface area (Å²) in [6.45, 7) is 0.336. The SMILES string of the molecule is Cc1ccccc1[S+](c1ccccc1)c1ccccc1.O=C(OCC(F)(F)S(=O)(=O)O)c1cccc(F)c1. The molecule has 38 heavy (non-hydrogen) atoms. The van der Waals surface area contributed by atoms with E-state index in [0.717, 1.165) is 24.3 Å². The first-order valence-corrected chi connectivity index (χ1v) is 13.8. The predicted octanol–water partition coefficient (Wildman–Crippen LogP) is 6.55. The number of rotatable bonds is 7. The molecule has 0 bridgehead atoms. The first-order valence-electron chi connectivity index (χ1n) is 11.2. The zero-order valence-electron chi connectivity index (χ0n) is 20.1. The standard InChI is InChI=1S/C19H17S.C9H7F3O5S/c1-16-10-8-9-15-19(16)20(17-11-4-2-5-12-17)18-13-6-3-7-14-18;10-7-3-1-2-6(4-7)8(13)17-5-9(11,12)18(14,15)16/h2-15H,1H3;1-4H,5H2,(H,14,15,16)/q+1;. The summed E-state index contributed by atoms with van der Waals surface area (Å²) in [7, 11) is -5.70. The predicted molar refractivity (Wildman–Crippen MR) is 139 cm³/mol. The molecule has 0 aliphatic rings. The third-order valence-electron chi connectivity index (χ3n) is 5.08. The van der Waals surface area contributed by atoms with Gasteiger partial charge in [0.1, 0.15) is 5.82 Å². The summed E-state index contributed by atoms with van der Waals surface area (Å²) in [5, 5.41) is -4.62. The van der Waals surface area contributed by atoms with Gasteiger partial charge in [0.05, 0.1) is 16.5 Å². The van der Waals surface area contributed by atoms with Gasteiger partial charge in [-0.05, 0) is 55.5 Å². The van der Waals surface area contributed by atoms with Crippen molar-refractivity contribution in [2.75, 3.05) is 6.61 Å². The molecule has 0 aliphatic heterocycles. The minimum Gasteiger partial charge on any atom is -0.454 e. The molecule has 0 aliphatic carbocycles. The van der Waals surface area contributed by atoms with E-state index in [2.05, 4.69) is 96.6 Å². The molecule has 0 unspecified atom stereocenters. The number of benzene rings is 4. The maximum absolute atomic E-state index is 12.7. The third-order valence-corrected chi connectivity index (χ3v) is 8.34. The smallest absolute Gasteiger partial charge is 0.402 e. The highest BCUT2D eigenvalue weighted by atomic mass is 32.2. The highest BCUT2D eigenvalue weighted by Crippen LogP contribution is 2.32. The van der Waals surface area contributed by atoms with E-state index < -0.39 is 33.8 Å². The number of halogens is 3. The van der Waals surface area contributed by atoms with Crippen LogP contribution < -0.4 is 0 Å². The summed E-state index contributed by atoms with van der Waals surface area (Å²) in [5.41, 5.74) is 0.990. The van der Waals surface area contributed by atoms with E-state index in [-0.39, 0.29) is 16.5 Å². The van der Waals surface area contributed by atoms with Crippen LogP contribution >= 0.6 is 0 Å². The van der Waals surface area contributed by atoms with E-state index in [9.17, 15) is 26.4 Å². The Morgan fingerprint density at radius 2 is 1.37 bits per heavy atom. The summed E-state index contributed by atoms with van der Waals surface area (Å²) < 4.78 is 70.6. The Kier molecular flexibility index (Phi) is 9.73. The van der Waals surface area contributed by atoms with Gasteiger partial charge in [0.25, 0.3) is 0 Å². The molecule has 0 radical (unpaired) electrons. The number of esters is 1. The molecule has 4 aromatic rings. The fourth-order valence-electron chi connectivity index (χ4n) is 3.21. The van der Waals surface area contributed by atoms with Gasteiger partial charge in [-0.2, -0.15) is 17.2 Å². The first kappa shape index (κ1) is 29.0. The fraction of sp³-hybridized carbons (Fsp3) is 0.107. The average Bonchev–Trinajstić information content (AvgIpc) is 2.90. The Hall–Kier alpha value is -3.60. The van der Waals surface area contributed by atoms with Gasteiger partial charge in [0, 0.05) is 5.56 Å². The highest BCUT2D eigenvalue weighted by molar-refractivity contribution is 7.97. The topological polar surface area (TPSA) is 80.7 Å². The van der Waals surface area contributed by atoms with Crippen LogP contribution in [0.1, 0.15) is 15.9 Å². The summed E-state index contributed by atoms with van der Waals surface area (Å²) in [6, 6.07) is 34.2. The number of alkyl halides is 2. The largest absolute Gasteiger partial charge is 0.454 e. The molecular weight excluding hydrogens is 537 g/mol. The van der Waals surface area contributed by atoms with E-state index in [0.29, 0.717) is 0 Å². The molecule has 0 heterocycles. The van der Waals surface area contributed by atoms with Crippen molar-refractivity contribution in [3.63, 3.8) is 0 Å². The van der Waals surface area contributed by atoms with Crippen molar-refractivity contribution in [1.82, 2.24) is 0 Å². The summed E-state index contributed by atoms with van der Waals surface area (Å²) in [6.07, 6.45) is 0. The van der Waals surface area contributed by atoms with E-state index >= 15 is 0 Å². The van der Waals surface area contributed by atoms with Gasteiger partial charge in [-0.3, -0.25) is 4.55 Å². The lowest BCUT2D eigenvalue weighted by Crippen LogP contribution is -2.34. The van der Waals surface area contributed by atoms with Crippen LogP contribution in [-0.2, 0) is 25.7 Å². The zero-order chi connectivity index (χ0) is 27.8. The summed E-state index contributed by atoms with van der Waals surface area (Å²) in [5.74, 6) is -2.12. The van der Waals surface area contributed by atoms with Gasteiger partial charge in [-0.1, -0.05) is 60.7 Å². The normalized spacial score (nSPS) is 11.4. The van der Waals surface area contributed by atoms with Crippen molar-refractivity contribution in [2.45, 2.75) is 26.9 Å². The highest BCUT2D eigenvalue weighted by Gasteiger charge is 2.45. The van der Waals surface area contributed by atoms with Gasteiger partial charge < -0.3 is 4.74 Å². The number of hydrogen-bond acceptors (Lipinski definition) is 4. The molecule has 198 valence electrons. The molecule has 4 rings (SSSR count). The second-order valence-electron chi connectivity index (χ2n) is 7.90. The Morgan fingerprint density at radius 1 is 0.842 bits per heavy atom. The van der Waals surface area contributed by atoms with Crippen LogP contribution in [0, 0.1) is 12.7 Å². The van der Waals surface area contributed by atoms with Crippen molar-refractivity contribution in [3.05, 3.63) is 126 Å². The molecular formula is C28H24F3O5S2+. The maximum Gasteiger partial charge on any atom is 0.402 e. The van der Waals surface area contributed by atoms with E-state index in [4.69, 9.17) is 4.55 Å². The van der Waals surface area contributed by atoms with Crippen molar-refractivity contribution < 1.29 is 35.7 Å². The number of hydrogen-bond donors (Lipinski definition) is 1. The number of ether oxygens (including phenoxy) is 1. The van der Waals surface area contributed by atoms with Gasteiger partial charge in [-0.15, -0.1) is 0 Å². The lowest BCUT2D eigenvalue weighted by Gasteiger charge is -2.12. The quantitative estimate of drug-likeness (QED) is 0.157. The summed E-state index contributed by atoms with van der Waals surface area (Å²) in [4.78, 5) is 15.3. The van der Waals surface area contributed by atoms with Crippen molar-refractivity contribution in [3.8, 4) is 0 Å². The van der Waals surface area contributed by atoms with Crippen molar-refractivity contribution in [1.29, 1.82) is 0 Å². The Labute approximate surface area is 222 Å². The van der Waals surface area contributed by atoms with Gasteiger partial charge >= 0.3 is 21.3 Å². The van der Waals surface area contributed by atoms with Crippen LogP contribution in [0.3, 0.4) is 0 Å². The van der Waals surface area contributed by atoms with E-state index in [1.165, 1.54) is 20.2 Å². The maximum atomic E-state index is 12.7. The molecule has 0 fully saturated rings. The first-order chi connectivity index (χ1) is 18.0. The molecule has 0 saturated carbocycles. The monoisotopic (exact) mass is 561 g/mol. The minimum atomic E-state index is -5.67. The average molecular weight is 562 g/mol. The van der Waals surface area contributed by atoms with Crippen LogP contribution in [0.2, 0.25) is 0 Å². The van der Waals surface area contributed by atoms with Crippen molar-refractivity contribution >= 4 is 27.0 Å². The number of carbonyl (C=O) groups is 1. The molecule has 5 nitrogen and oxygen atoms in total. The Bertz CT molecular complexity index is 1420. The minimum absolute atomic E-state index is 0.0262. The molecule has 0 amide bonds. The van der Waals surface area contributed by atoms with Gasteiger partial charge in [0.2, 0.25) is 0 Å². The fourth-order valence-corrected chi connectivity index (χ4v) is 5.66. The number of aryl methyl sites for hydroxylation is 1. The molecule has 4 aromatic carbocycles. The Morgan fingerprint density at radius 3 is 1.87 bits per heavy atom. The van der Waals surface area contributed by atoms with E-state index in [1.54, 1.807) is 0 Å². The van der Waals surface area contributed by atoms with Crippen LogP contribution in [0.4, 0.5) is 13.2 Å². The summed E-state index contributed by atoms with van der Waals surface area (Å²) >= 11 is 0. The lowest BCUT2D eigenvalue weighted by molar-refractivity contribution is -0.00953. The molecule has 0 saturated heterocycles. The van der Waals surface area contributed by atoms with E-state index in [1.807, 2.05) is 0 Å². The van der Waals surface area contributed by atoms with Crippen LogP contribution in [-0.4, -0.2) is 30.8 Å². The second-order valence-corrected chi connectivity index (χ2v) is 11.4. The molecule has 10 heteroatoms. The lowest BCUT2D eigenvalue weighted by atomic mass is 10.2. The molecule has 1 N–H and O–H groups in total. The van der Waals surface area contributed by atoms with Gasteiger partial charge in [0.15, 0.2) is 21.3 Å². The van der Waals surface area contributed by atoms with Crippen LogP contribution in [0.25, 0.3) is 0 Å².